The average Bonchev–Trinajstić information content (AvgIpc) is 2.73. The van der Waals surface area contributed by atoms with E-state index in [0.717, 1.165) is 11.1 Å². The van der Waals surface area contributed by atoms with Crippen LogP contribution in [0.5, 0.6) is 0 Å². The number of carbonyl (C=O) groups excluding carboxylic acids is 2. The fourth-order valence-corrected chi connectivity index (χ4v) is 1.79. The number of benzene rings is 1. The molecule has 1 N–H and O–H groups in total. The molecule has 0 unspecified atom stereocenters. The van der Waals surface area contributed by atoms with Gasteiger partial charge < -0.3 is 5.32 Å². The molecule has 5 nitrogen and oxygen atoms in total. The Bertz CT molecular complexity index is 627. The van der Waals surface area contributed by atoms with Crippen molar-refractivity contribution in [2.24, 2.45) is 0 Å². The first kappa shape index (κ1) is 13.0. The number of aryl methyl sites for hydroxylation is 1. The lowest BCUT2D eigenvalue weighted by atomic mass is 10.1. The molecule has 0 aliphatic heterocycles. The van der Waals surface area contributed by atoms with E-state index in [1.807, 2.05) is 31.2 Å². The third-order valence-corrected chi connectivity index (χ3v) is 2.66. The van der Waals surface area contributed by atoms with Gasteiger partial charge in [-0.05, 0) is 6.92 Å². The smallest absolute Gasteiger partial charge is 0.244 e. The molecule has 0 fully saturated rings. The molecular formula is C14H15N3O2. The van der Waals surface area contributed by atoms with Gasteiger partial charge in [0.25, 0.3) is 0 Å². The highest BCUT2D eigenvalue weighted by Gasteiger charge is 2.13. The standard InChI is InChI=1S/C14H15N3O2/c1-9-4-6-12(7-5-9)13-8-14(15-10(2)18)16-17(13)11(3)19/h4-8H,1-3H3,(H,15,16,18). The van der Waals surface area contributed by atoms with Crippen molar-refractivity contribution in [3.05, 3.63) is 35.9 Å². The van der Waals surface area contributed by atoms with Crippen molar-refractivity contribution >= 4 is 17.6 Å². The number of rotatable bonds is 2. The van der Waals surface area contributed by atoms with E-state index < -0.39 is 0 Å². The minimum atomic E-state index is -0.219. The summed E-state index contributed by atoms with van der Waals surface area (Å²) in [6.07, 6.45) is 0. The van der Waals surface area contributed by atoms with Crippen molar-refractivity contribution in [1.82, 2.24) is 9.78 Å². The molecule has 1 aromatic carbocycles. The summed E-state index contributed by atoms with van der Waals surface area (Å²) in [5, 5.41) is 6.66. The lowest BCUT2D eigenvalue weighted by Crippen LogP contribution is -2.11. The topological polar surface area (TPSA) is 64.0 Å². The van der Waals surface area contributed by atoms with Crippen LogP contribution in [-0.2, 0) is 4.79 Å². The summed E-state index contributed by atoms with van der Waals surface area (Å²) >= 11 is 0. The molecule has 0 saturated carbocycles. The Hall–Kier alpha value is -2.43. The van der Waals surface area contributed by atoms with E-state index in [0.29, 0.717) is 11.5 Å². The van der Waals surface area contributed by atoms with E-state index >= 15 is 0 Å². The molecule has 0 aliphatic carbocycles. The summed E-state index contributed by atoms with van der Waals surface area (Å²) in [6, 6.07) is 9.45. The Labute approximate surface area is 111 Å². The summed E-state index contributed by atoms with van der Waals surface area (Å²) in [5.41, 5.74) is 2.68. The Morgan fingerprint density at radius 1 is 1.16 bits per heavy atom. The molecule has 1 aromatic heterocycles. The highest BCUT2D eigenvalue weighted by atomic mass is 16.2. The molecule has 0 spiro atoms. The molecule has 98 valence electrons. The second-order valence-corrected chi connectivity index (χ2v) is 4.39. The molecule has 0 aliphatic rings. The van der Waals surface area contributed by atoms with Crippen molar-refractivity contribution in [1.29, 1.82) is 0 Å². The van der Waals surface area contributed by atoms with Crippen molar-refractivity contribution in [2.45, 2.75) is 20.8 Å². The van der Waals surface area contributed by atoms with Crippen LogP contribution in [0.3, 0.4) is 0 Å². The molecule has 5 heteroatoms. The summed E-state index contributed by atoms with van der Waals surface area (Å²) in [7, 11) is 0. The van der Waals surface area contributed by atoms with Crippen LogP contribution >= 0.6 is 0 Å². The molecule has 0 bridgehead atoms. The molecule has 0 atom stereocenters. The van der Waals surface area contributed by atoms with Crippen LogP contribution in [0, 0.1) is 6.92 Å². The van der Waals surface area contributed by atoms with E-state index in [1.54, 1.807) is 6.07 Å². The second-order valence-electron chi connectivity index (χ2n) is 4.39. The summed E-state index contributed by atoms with van der Waals surface area (Å²) in [5.74, 6) is -0.0471. The number of anilines is 1. The molecule has 2 rings (SSSR count). The molecule has 2 aromatic rings. The maximum absolute atomic E-state index is 11.6. The van der Waals surface area contributed by atoms with Gasteiger partial charge >= 0.3 is 0 Å². The van der Waals surface area contributed by atoms with Crippen molar-refractivity contribution in [3.8, 4) is 11.3 Å². The van der Waals surface area contributed by atoms with Crippen LogP contribution in [0.15, 0.2) is 30.3 Å². The van der Waals surface area contributed by atoms with Crippen molar-refractivity contribution in [3.63, 3.8) is 0 Å². The van der Waals surface area contributed by atoms with E-state index in [2.05, 4.69) is 10.4 Å². The molecule has 0 radical (unpaired) electrons. The van der Waals surface area contributed by atoms with Crippen molar-refractivity contribution in [2.75, 3.05) is 5.32 Å². The number of amides is 1. The fraction of sp³-hybridized carbons (Fsp3) is 0.214. The number of hydrogen-bond donors (Lipinski definition) is 1. The largest absolute Gasteiger partial charge is 0.309 e. The van der Waals surface area contributed by atoms with Gasteiger partial charge in [0, 0.05) is 25.5 Å². The van der Waals surface area contributed by atoms with Crippen molar-refractivity contribution < 1.29 is 9.59 Å². The van der Waals surface area contributed by atoms with Gasteiger partial charge in [0.2, 0.25) is 11.8 Å². The van der Waals surface area contributed by atoms with E-state index in [4.69, 9.17) is 0 Å². The minimum Gasteiger partial charge on any atom is -0.309 e. The zero-order chi connectivity index (χ0) is 14.0. The summed E-state index contributed by atoms with van der Waals surface area (Å²) in [6.45, 7) is 4.83. The zero-order valence-electron chi connectivity index (χ0n) is 11.1. The summed E-state index contributed by atoms with van der Waals surface area (Å²) < 4.78 is 1.29. The van der Waals surface area contributed by atoms with Gasteiger partial charge in [-0.2, -0.15) is 4.68 Å². The highest BCUT2D eigenvalue weighted by Crippen LogP contribution is 2.23. The summed E-state index contributed by atoms with van der Waals surface area (Å²) in [4.78, 5) is 22.6. The lowest BCUT2D eigenvalue weighted by Gasteiger charge is -2.03. The maximum Gasteiger partial charge on any atom is 0.244 e. The maximum atomic E-state index is 11.6. The van der Waals surface area contributed by atoms with Gasteiger partial charge in [0.1, 0.15) is 0 Å². The van der Waals surface area contributed by atoms with Crippen LogP contribution in [-0.4, -0.2) is 21.6 Å². The molecular weight excluding hydrogens is 242 g/mol. The van der Waals surface area contributed by atoms with Gasteiger partial charge in [-0.25, -0.2) is 0 Å². The zero-order valence-corrected chi connectivity index (χ0v) is 11.1. The van der Waals surface area contributed by atoms with Gasteiger partial charge in [-0.15, -0.1) is 5.10 Å². The lowest BCUT2D eigenvalue weighted by molar-refractivity contribution is -0.114. The van der Waals surface area contributed by atoms with Crippen LogP contribution in [0.4, 0.5) is 5.82 Å². The predicted molar refractivity (Wildman–Crippen MR) is 73.0 cm³/mol. The monoisotopic (exact) mass is 257 g/mol. The molecule has 19 heavy (non-hydrogen) atoms. The molecule has 0 saturated heterocycles. The molecule has 1 amide bonds. The highest BCUT2D eigenvalue weighted by molar-refractivity contribution is 5.90. The van der Waals surface area contributed by atoms with Gasteiger partial charge in [0.15, 0.2) is 5.82 Å². The van der Waals surface area contributed by atoms with Crippen LogP contribution < -0.4 is 5.32 Å². The predicted octanol–water partition coefficient (Wildman–Crippen LogP) is 2.48. The second kappa shape index (κ2) is 5.06. The van der Waals surface area contributed by atoms with Crippen LogP contribution in [0.1, 0.15) is 24.2 Å². The fourth-order valence-electron chi connectivity index (χ4n) is 1.79. The minimum absolute atomic E-state index is 0.202. The van der Waals surface area contributed by atoms with Gasteiger partial charge in [-0.3, -0.25) is 9.59 Å². The SMILES string of the molecule is CC(=O)Nc1cc(-c2ccc(C)cc2)n(C(C)=O)n1. The number of carbonyl (C=O) groups is 2. The number of aromatic nitrogens is 2. The first-order valence-corrected chi connectivity index (χ1v) is 5.93. The quantitative estimate of drug-likeness (QED) is 0.898. The van der Waals surface area contributed by atoms with Crippen LogP contribution in [0.2, 0.25) is 0 Å². The van der Waals surface area contributed by atoms with E-state index in [9.17, 15) is 9.59 Å². The molecule has 1 heterocycles. The normalized spacial score (nSPS) is 10.3. The van der Waals surface area contributed by atoms with Crippen LogP contribution in [0.25, 0.3) is 11.3 Å². The van der Waals surface area contributed by atoms with E-state index in [1.165, 1.54) is 18.5 Å². The Morgan fingerprint density at radius 2 is 1.79 bits per heavy atom. The number of nitrogens with one attached hydrogen (secondary N) is 1. The first-order chi connectivity index (χ1) is 8.97. The van der Waals surface area contributed by atoms with Gasteiger partial charge in [0.05, 0.1) is 5.69 Å². The number of nitrogens with zero attached hydrogens (tertiary/aromatic N) is 2. The Kier molecular flexibility index (Phi) is 3.46. The Morgan fingerprint density at radius 3 is 2.32 bits per heavy atom. The number of hydrogen-bond acceptors (Lipinski definition) is 3. The third-order valence-electron chi connectivity index (χ3n) is 2.66. The third kappa shape index (κ3) is 2.88. The van der Waals surface area contributed by atoms with Gasteiger partial charge in [-0.1, -0.05) is 29.8 Å². The first-order valence-electron chi connectivity index (χ1n) is 5.93. The van der Waals surface area contributed by atoms with E-state index in [-0.39, 0.29) is 11.8 Å². The average molecular weight is 257 g/mol. The Balaban J connectivity index is 2.48.